The quantitative estimate of drug-likeness (QED) is 0.330. The molecule has 0 radical (unpaired) electrons. The Morgan fingerprint density at radius 3 is 2.17 bits per heavy atom. The molecule has 1 aliphatic heterocycles. The molecule has 0 saturated carbocycles. The van der Waals surface area contributed by atoms with Crippen LogP contribution in [0.2, 0.25) is 0 Å². The first kappa shape index (κ1) is 29.3. The van der Waals surface area contributed by atoms with Crippen LogP contribution in [0.25, 0.3) is 11.4 Å². The predicted molar refractivity (Wildman–Crippen MR) is 125 cm³/mol. The van der Waals surface area contributed by atoms with Crippen LogP contribution in [0.15, 0.2) is 51.8 Å². The molecule has 1 aliphatic rings. The van der Waals surface area contributed by atoms with Crippen LogP contribution >= 0.6 is 0 Å². The summed E-state index contributed by atoms with van der Waals surface area (Å²) < 4.78 is 94.8. The Bertz CT molecular complexity index is 1480. The number of anilines is 2. The average molecular weight is 588 g/mol. The van der Waals surface area contributed by atoms with E-state index in [0.717, 1.165) is 6.92 Å². The van der Waals surface area contributed by atoms with Crippen LogP contribution in [0.3, 0.4) is 0 Å². The molecule has 2 aromatic carbocycles. The first-order chi connectivity index (χ1) is 19.1. The normalized spacial score (nSPS) is 16.8. The molecule has 2 amide bonds. The van der Waals surface area contributed by atoms with Crippen molar-refractivity contribution in [2.75, 3.05) is 23.4 Å². The number of nitrogens with one attached hydrogen (secondary N) is 2. The molecule has 3 aromatic rings. The molecule has 2 heterocycles. The molecule has 1 aromatic heterocycles. The van der Waals surface area contributed by atoms with Gasteiger partial charge in [0, 0.05) is 30.4 Å². The molecule has 0 spiro atoms. The van der Waals surface area contributed by atoms with Gasteiger partial charge >= 0.3 is 24.1 Å². The second kappa shape index (κ2) is 11.1. The van der Waals surface area contributed by atoms with Gasteiger partial charge in [-0.25, -0.2) is 4.79 Å². The number of esters is 1. The Kier molecular flexibility index (Phi) is 7.92. The smallest absolute Gasteiger partial charge is 0.439 e. The second-order valence-electron chi connectivity index (χ2n) is 8.59. The number of benzene rings is 2. The number of carbonyl (C=O) groups excluding carboxylic acids is 3. The van der Waals surface area contributed by atoms with Crippen molar-refractivity contribution >= 4 is 29.2 Å². The molecule has 2 unspecified atom stereocenters. The monoisotopic (exact) mass is 588 g/mol. The number of alkyl halides is 6. The van der Waals surface area contributed by atoms with Crippen molar-refractivity contribution in [3.63, 3.8) is 0 Å². The Labute approximate surface area is 225 Å². The van der Waals surface area contributed by atoms with E-state index in [9.17, 15) is 45.5 Å². The number of morpholine rings is 1. The van der Waals surface area contributed by atoms with Crippen molar-refractivity contribution in [2.45, 2.75) is 31.5 Å². The fraction of sp³-hybridized carbons (Fsp3) is 0.292. The number of H-pyrrole nitrogens is 1. The van der Waals surface area contributed by atoms with E-state index < -0.39 is 78.1 Å². The van der Waals surface area contributed by atoms with E-state index in [4.69, 9.17) is 9.47 Å². The number of carbonyl (C=O) groups is 3. The number of ether oxygens (including phenoxy) is 2. The maximum Gasteiger partial charge on any atom is 0.439 e. The largest absolute Gasteiger partial charge is 0.449 e. The zero-order chi connectivity index (χ0) is 30.1. The summed E-state index contributed by atoms with van der Waals surface area (Å²) in [4.78, 5) is 52.1. The molecular weight excluding hydrogens is 570 g/mol. The molecule has 0 bridgehead atoms. The van der Waals surface area contributed by atoms with E-state index in [-0.39, 0.29) is 17.6 Å². The third-order valence-electron chi connectivity index (χ3n) is 5.70. The molecule has 2 N–H and O–H groups in total. The van der Waals surface area contributed by atoms with Gasteiger partial charge in [0.25, 0.3) is 11.8 Å². The lowest BCUT2D eigenvalue weighted by Crippen LogP contribution is -2.56. The van der Waals surface area contributed by atoms with Crippen molar-refractivity contribution < 1.29 is 54.7 Å². The Morgan fingerprint density at radius 2 is 1.66 bits per heavy atom. The predicted octanol–water partition coefficient (Wildman–Crippen LogP) is 3.37. The van der Waals surface area contributed by atoms with Crippen LogP contribution in [0.5, 0.6) is 0 Å². The van der Waals surface area contributed by atoms with Gasteiger partial charge < -0.3 is 19.7 Å². The minimum absolute atomic E-state index is 0.0907. The third kappa shape index (κ3) is 6.74. The van der Waals surface area contributed by atoms with Gasteiger partial charge in [0.1, 0.15) is 0 Å². The van der Waals surface area contributed by atoms with Crippen LogP contribution < -0.4 is 16.0 Å². The van der Waals surface area contributed by atoms with E-state index in [1.165, 1.54) is 24.3 Å². The molecule has 0 aliphatic carbocycles. The Morgan fingerprint density at radius 1 is 1.05 bits per heavy atom. The molecule has 2 atom stereocenters. The topological polar surface area (TPSA) is 144 Å². The summed E-state index contributed by atoms with van der Waals surface area (Å²) in [5.74, 6) is -4.02. The average Bonchev–Trinajstić information content (AvgIpc) is 3.33. The zero-order valence-electron chi connectivity index (χ0n) is 20.6. The summed E-state index contributed by atoms with van der Waals surface area (Å²) in [6.45, 7) is 0.0544. The number of hydrogen-bond donors (Lipinski definition) is 2. The number of halogens is 6. The maximum absolute atomic E-state index is 13.4. The number of rotatable bonds is 6. The second-order valence-corrected chi connectivity index (χ2v) is 8.59. The van der Waals surface area contributed by atoms with Crippen LogP contribution in [0.1, 0.15) is 18.1 Å². The number of amides is 2. The number of aromatic nitrogens is 2. The molecule has 17 heteroatoms. The highest BCUT2D eigenvalue weighted by Gasteiger charge is 2.44. The van der Waals surface area contributed by atoms with E-state index >= 15 is 0 Å². The lowest BCUT2D eigenvalue weighted by Gasteiger charge is -2.35. The fourth-order valence-corrected chi connectivity index (χ4v) is 3.88. The summed E-state index contributed by atoms with van der Waals surface area (Å²) in [5, 5.41) is 5.89. The van der Waals surface area contributed by atoms with Gasteiger partial charge in [-0.05, 0) is 42.5 Å². The highest BCUT2D eigenvalue weighted by Crippen LogP contribution is 2.39. The van der Waals surface area contributed by atoms with Crippen molar-refractivity contribution in [1.82, 2.24) is 10.1 Å². The SMILES string of the molecule is CC(=O)OC(C(=O)Nc1ccc(-c2noc(=O)[nH]2)cc1)C1OCCN(c2cc(C(F)(F)F)cc(C(F)(F)F)c2)C1=O. The van der Waals surface area contributed by atoms with Crippen molar-refractivity contribution in [3.8, 4) is 11.4 Å². The molecule has 4 rings (SSSR count). The maximum atomic E-state index is 13.4. The van der Waals surface area contributed by atoms with Crippen molar-refractivity contribution in [2.24, 2.45) is 0 Å². The van der Waals surface area contributed by atoms with Gasteiger partial charge in [0.05, 0.1) is 17.7 Å². The number of hydrogen-bond acceptors (Lipinski definition) is 8. The lowest BCUT2D eigenvalue weighted by molar-refractivity contribution is -0.167. The van der Waals surface area contributed by atoms with Crippen molar-refractivity contribution in [1.29, 1.82) is 0 Å². The summed E-state index contributed by atoms with van der Waals surface area (Å²) in [5.41, 5.74) is -3.52. The van der Waals surface area contributed by atoms with E-state index in [0.29, 0.717) is 22.6 Å². The molecule has 1 fully saturated rings. The van der Waals surface area contributed by atoms with Gasteiger partial charge in [-0.3, -0.25) is 23.9 Å². The highest BCUT2D eigenvalue weighted by atomic mass is 19.4. The first-order valence-corrected chi connectivity index (χ1v) is 11.5. The van der Waals surface area contributed by atoms with Crippen molar-refractivity contribution in [3.05, 3.63) is 64.1 Å². The minimum atomic E-state index is -5.16. The molecule has 1 saturated heterocycles. The van der Waals surface area contributed by atoms with Crippen LogP contribution in [-0.4, -0.2) is 53.3 Å². The van der Waals surface area contributed by atoms with Gasteiger partial charge in [-0.1, -0.05) is 5.16 Å². The number of aromatic amines is 1. The Hall–Kier alpha value is -4.67. The standard InChI is InChI=1S/C24H18F6N4O7/c1-11(35)40-17(20(36)31-15-4-2-12(3-5-15)19-32-22(38)41-33-19)18-21(37)34(6-7-39-18)16-9-13(23(25,26)27)8-14(10-16)24(28,29)30/h2-5,8-10,17-18H,6-7H2,1H3,(H,31,36)(H,32,33,38). The molecule has 41 heavy (non-hydrogen) atoms. The van der Waals surface area contributed by atoms with E-state index in [2.05, 4.69) is 20.0 Å². The summed E-state index contributed by atoms with van der Waals surface area (Å²) in [7, 11) is 0. The zero-order valence-corrected chi connectivity index (χ0v) is 20.6. The highest BCUT2D eigenvalue weighted by molar-refractivity contribution is 6.04. The third-order valence-corrected chi connectivity index (χ3v) is 5.70. The van der Waals surface area contributed by atoms with Crippen LogP contribution in [0.4, 0.5) is 37.7 Å². The molecule has 11 nitrogen and oxygen atoms in total. The van der Waals surface area contributed by atoms with Gasteiger partial charge in [0.2, 0.25) is 6.10 Å². The lowest BCUT2D eigenvalue weighted by atomic mass is 10.0. The molecular formula is C24H18F6N4O7. The minimum Gasteiger partial charge on any atom is -0.449 e. The summed E-state index contributed by atoms with van der Waals surface area (Å²) >= 11 is 0. The Balaban J connectivity index is 1.60. The van der Waals surface area contributed by atoms with Gasteiger partial charge in [0.15, 0.2) is 11.9 Å². The van der Waals surface area contributed by atoms with Gasteiger partial charge in [-0.2, -0.15) is 26.3 Å². The summed E-state index contributed by atoms with van der Waals surface area (Å²) in [6, 6.07) is 6.22. The van der Waals surface area contributed by atoms with E-state index in [1.54, 1.807) is 0 Å². The number of nitrogens with zero attached hydrogens (tertiary/aromatic N) is 2. The summed E-state index contributed by atoms with van der Waals surface area (Å²) in [6.07, 6.45) is -14.2. The first-order valence-electron chi connectivity index (χ1n) is 11.5. The van der Waals surface area contributed by atoms with Crippen LogP contribution in [-0.2, 0) is 36.2 Å². The van der Waals surface area contributed by atoms with Gasteiger partial charge in [-0.15, -0.1) is 0 Å². The molecule has 218 valence electrons. The van der Waals surface area contributed by atoms with E-state index in [1.807, 2.05) is 0 Å². The van der Waals surface area contributed by atoms with Crippen LogP contribution in [0, 0.1) is 0 Å². The fourth-order valence-electron chi connectivity index (χ4n) is 3.88.